The van der Waals surface area contributed by atoms with E-state index in [4.69, 9.17) is 5.73 Å². The van der Waals surface area contributed by atoms with E-state index in [9.17, 15) is 13.2 Å². The summed E-state index contributed by atoms with van der Waals surface area (Å²) in [6.07, 6.45) is 1.56. The van der Waals surface area contributed by atoms with Crippen LogP contribution in [0.2, 0.25) is 0 Å². The number of benzene rings is 1. The van der Waals surface area contributed by atoms with E-state index in [0.717, 1.165) is 11.8 Å². The van der Waals surface area contributed by atoms with Gasteiger partial charge in [0.05, 0.1) is 11.8 Å². The Balaban J connectivity index is 0.00000324. The molecule has 1 amide bonds. The van der Waals surface area contributed by atoms with Crippen LogP contribution in [0, 0.1) is 0 Å². The average Bonchev–Trinajstić information content (AvgIpc) is 2.28. The van der Waals surface area contributed by atoms with Gasteiger partial charge >= 0.3 is 0 Å². The van der Waals surface area contributed by atoms with Crippen LogP contribution in [0.1, 0.15) is 5.56 Å². The van der Waals surface area contributed by atoms with Crippen LogP contribution in [-0.4, -0.2) is 38.9 Å². The first kappa shape index (κ1) is 17.9. The minimum absolute atomic E-state index is 0. The summed E-state index contributed by atoms with van der Waals surface area (Å²) >= 11 is 0. The molecule has 1 atom stereocenters. The van der Waals surface area contributed by atoms with Gasteiger partial charge in [-0.25, -0.2) is 8.42 Å². The van der Waals surface area contributed by atoms with Gasteiger partial charge < -0.3 is 11.1 Å². The summed E-state index contributed by atoms with van der Waals surface area (Å²) < 4.78 is 21.8. The van der Waals surface area contributed by atoms with Crippen molar-refractivity contribution in [2.75, 3.05) is 18.6 Å². The van der Waals surface area contributed by atoms with E-state index in [1.807, 2.05) is 30.3 Å². The Kier molecular flexibility index (Phi) is 7.66. The van der Waals surface area contributed by atoms with Gasteiger partial charge in [0.15, 0.2) is 0 Å². The number of carbonyl (C=O) groups is 1. The molecule has 0 bridgehead atoms. The predicted molar refractivity (Wildman–Crippen MR) is 78.1 cm³/mol. The molecular weight excluding hydrogens is 288 g/mol. The fourth-order valence-electron chi connectivity index (χ4n) is 1.45. The molecule has 0 heterocycles. The molecule has 1 aromatic carbocycles. The maximum atomic E-state index is 11.6. The molecule has 19 heavy (non-hydrogen) atoms. The number of hydrogen-bond acceptors (Lipinski definition) is 4. The molecule has 0 fully saturated rings. The summed E-state index contributed by atoms with van der Waals surface area (Å²) in [5.41, 5.74) is 6.71. The molecule has 0 aliphatic carbocycles. The Hall–Kier alpha value is -1.11. The van der Waals surface area contributed by atoms with Crippen molar-refractivity contribution in [3.05, 3.63) is 35.9 Å². The van der Waals surface area contributed by atoms with Gasteiger partial charge in [-0.1, -0.05) is 30.3 Å². The van der Waals surface area contributed by atoms with Crippen molar-refractivity contribution in [2.45, 2.75) is 12.5 Å². The van der Waals surface area contributed by atoms with Crippen LogP contribution in [0.3, 0.4) is 0 Å². The molecule has 1 unspecified atom stereocenters. The second kappa shape index (κ2) is 8.14. The third kappa shape index (κ3) is 7.81. The van der Waals surface area contributed by atoms with Crippen LogP contribution >= 0.6 is 12.4 Å². The lowest BCUT2D eigenvalue weighted by Gasteiger charge is -2.11. The quantitative estimate of drug-likeness (QED) is 0.782. The van der Waals surface area contributed by atoms with Crippen molar-refractivity contribution >= 4 is 28.2 Å². The third-order valence-electron chi connectivity index (χ3n) is 2.41. The second-order valence-corrected chi connectivity index (χ2v) is 6.48. The molecule has 0 saturated carbocycles. The maximum absolute atomic E-state index is 11.6. The lowest BCUT2D eigenvalue weighted by atomic mass is 10.1. The van der Waals surface area contributed by atoms with Crippen LogP contribution in [0.15, 0.2) is 30.3 Å². The first-order valence-corrected chi connectivity index (χ1v) is 7.69. The number of rotatable bonds is 6. The Morgan fingerprint density at radius 1 is 1.32 bits per heavy atom. The summed E-state index contributed by atoms with van der Waals surface area (Å²) in [6.45, 7) is 0.0974. The summed E-state index contributed by atoms with van der Waals surface area (Å²) in [4.78, 5) is 11.6. The van der Waals surface area contributed by atoms with Crippen molar-refractivity contribution in [1.29, 1.82) is 0 Å². The van der Waals surface area contributed by atoms with Crippen LogP contribution in [0.4, 0.5) is 0 Å². The Labute approximate surface area is 119 Å². The summed E-state index contributed by atoms with van der Waals surface area (Å²) in [5.74, 6) is -0.404. The molecule has 0 aliphatic heterocycles. The van der Waals surface area contributed by atoms with Crippen molar-refractivity contribution in [1.82, 2.24) is 5.32 Å². The van der Waals surface area contributed by atoms with Gasteiger partial charge in [0.1, 0.15) is 9.84 Å². The van der Waals surface area contributed by atoms with Gasteiger partial charge in [-0.2, -0.15) is 0 Å². The van der Waals surface area contributed by atoms with E-state index < -0.39 is 15.9 Å². The largest absolute Gasteiger partial charge is 0.354 e. The maximum Gasteiger partial charge on any atom is 0.237 e. The smallest absolute Gasteiger partial charge is 0.237 e. The van der Waals surface area contributed by atoms with Gasteiger partial charge in [-0.05, 0) is 12.0 Å². The van der Waals surface area contributed by atoms with E-state index in [1.165, 1.54) is 0 Å². The molecule has 108 valence electrons. The first-order chi connectivity index (χ1) is 8.38. The molecule has 0 spiro atoms. The minimum Gasteiger partial charge on any atom is -0.354 e. The van der Waals surface area contributed by atoms with Crippen LogP contribution in [0.25, 0.3) is 0 Å². The van der Waals surface area contributed by atoms with Gasteiger partial charge in [0.25, 0.3) is 0 Å². The van der Waals surface area contributed by atoms with Gasteiger partial charge in [-0.15, -0.1) is 12.4 Å². The van der Waals surface area contributed by atoms with Crippen molar-refractivity contribution in [3.63, 3.8) is 0 Å². The van der Waals surface area contributed by atoms with E-state index in [0.29, 0.717) is 6.42 Å². The topological polar surface area (TPSA) is 89.3 Å². The highest BCUT2D eigenvalue weighted by molar-refractivity contribution is 7.90. The van der Waals surface area contributed by atoms with E-state index in [1.54, 1.807) is 0 Å². The normalized spacial score (nSPS) is 12.3. The highest BCUT2D eigenvalue weighted by Crippen LogP contribution is 2.01. The molecule has 3 N–H and O–H groups in total. The van der Waals surface area contributed by atoms with E-state index in [-0.39, 0.29) is 30.6 Å². The van der Waals surface area contributed by atoms with E-state index >= 15 is 0 Å². The zero-order valence-electron chi connectivity index (χ0n) is 10.7. The van der Waals surface area contributed by atoms with Crippen molar-refractivity contribution < 1.29 is 13.2 Å². The number of carbonyl (C=O) groups excluding carboxylic acids is 1. The van der Waals surface area contributed by atoms with E-state index in [2.05, 4.69) is 5.32 Å². The average molecular weight is 307 g/mol. The van der Waals surface area contributed by atoms with Crippen molar-refractivity contribution in [3.8, 4) is 0 Å². The number of sulfone groups is 1. The number of hydrogen-bond donors (Lipinski definition) is 2. The van der Waals surface area contributed by atoms with Crippen LogP contribution in [-0.2, 0) is 21.1 Å². The molecule has 1 aromatic rings. The monoisotopic (exact) mass is 306 g/mol. The number of nitrogens with two attached hydrogens (primary N) is 1. The molecule has 0 aromatic heterocycles. The molecule has 0 aliphatic rings. The minimum atomic E-state index is -3.06. The first-order valence-electron chi connectivity index (χ1n) is 5.63. The number of nitrogens with one attached hydrogen (secondary N) is 1. The fraction of sp³-hybridized carbons (Fsp3) is 0.417. The van der Waals surface area contributed by atoms with Gasteiger partial charge in [-0.3, -0.25) is 4.79 Å². The zero-order valence-corrected chi connectivity index (χ0v) is 12.3. The molecule has 7 heteroatoms. The number of amides is 1. The van der Waals surface area contributed by atoms with Crippen LogP contribution in [0.5, 0.6) is 0 Å². The molecule has 0 radical (unpaired) electrons. The summed E-state index contributed by atoms with van der Waals surface area (Å²) in [7, 11) is -3.06. The Morgan fingerprint density at radius 3 is 2.42 bits per heavy atom. The number of halogens is 1. The molecule has 5 nitrogen and oxygen atoms in total. The lowest BCUT2D eigenvalue weighted by Crippen LogP contribution is -2.43. The second-order valence-electron chi connectivity index (χ2n) is 4.22. The highest BCUT2D eigenvalue weighted by Gasteiger charge is 2.14. The van der Waals surface area contributed by atoms with Crippen LogP contribution < -0.4 is 11.1 Å². The molecular formula is C12H19ClN2O3S. The summed E-state index contributed by atoms with van der Waals surface area (Å²) in [5, 5.41) is 2.52. The van der Waals surface area contributed by atoms with Gasteiger partial charge in [0.2, 0.25) is 5.91 Å². The van der Waals surface area contributed by atoms with Gasteiger partial charge in [0, 0.05) is 12.8 Å². The summed E-state index contributed by atoms with van der Waals surface area (Å²) in [6, 6.07) is 8.77. The third-order valence-corrected chi connectivity index (χ3v) is 3.35. The Bertz CT molecular complexity index is 491. The molecule has 1 rings (SSSR count). The SMILES string of the molecule is CS(=O)(=O)CCNC(=O)C(N)Cc1ccccc1.Cl. The lowest BCUT2D eigenvalue weighted by molar-refractivity contribution is -0.122. The van der Waals surface area contributed by atoms with Crippen molar-refractivity contribution in [2.24, 2.45) is 5.73 Å². The molecule has 0 saturated heterocycles. The predicted octanol–water partition coefficient (Wildman–Crippen LogP) is 0.139. The Morgan fingerprint density at radius 2 is 1.89 bits per heavy atom. The highest BCUT2D eigenvalue weighted by atomic mass is 35.5. The standard InChI is InChI=1S/C12H18N2O3S.ClH/c1-18(16,17)8-7-14-12(15)11(13)9-10-5-3-2-4-6-10;/h2-6,11H,7-9,13H2,1H3,(H,14,15);1H. The zero-order chi connectivity index (χ0) is 13.6. The fourth-order valence-corrected chi connectivity index (χ4v) is 1.92.